The molecule has 1 atom stereocenters. The summed E-state index contributed by atoms with van der Waals surface area (Å²) in [7, 11) is 3.90. The molecule has 6 heteroatoms. The molecule has 2 aromatic rings. The fraction of sp³-hybridized carbons (Fsp3) is 0.471. The molecule has 23 heavy (non-hydrogen) atoms. The van der Waals surface area contributed by atoms with Crippen LogP contribution in [0.1, 0.15) is 12.1 Å². The van der Waals surface area contributed by atoms with Gasteiger partial charge in [-0.15, -0.1) is 0 Å². The highest BCUT2D eigenvalue weighted by molar-refractivity contribution is 5.41. The summed E-state index contributed by atoms with van der Waals surface area (Å²) >= 11 is 0. The van der Waals surface area contributed by atoms with E-state index in [2.05, 4.69) is 31.2 Å². The van der Waals surface area contributed by atoms with Crippen molar-refractivity contribution < 1.29 is 0 Å². The lowest BCUT2D eigenvalue weighted by molar-refractivity contribution is 0.339. The van der Waals surface area contributed by atoms with Crippen LogP contribution in [0.4, 0.5) is 11.8 Å². The maximum absolute atomic E-state index is 4.53. The number of hydrogen-bond donors (Lipinski definition) is 1. The summed E-state index contributed by atoms with van der Waals surface area (Å²) in [5, 5.41) is 3.53. The lowest BCUT2D eigenvalue weighted by atomic mass is 10.2. The van der Waals surface area contributed by atoms with Gasteiger partial charge in [0, 0.05) is 64.3 Å². The van der Waals surface area contributed by atoms with Gasteiger partial charge in [0.2, 0.25) is 5.95 Å². The quantitative estimate of drug-likeness (QED) is 0.875. The van der Waals surface area contributed by atoms with Gasteiger partial charge in [-0.25, -0.2) is 4.98 Å². The zero-order valence-electron chi connectivity index (χ0n) is 13.8. The topological polar surface area (TPSA) is 57.2 Å². The third-order valence-electron chi connectivity index (χ3n) is 4.08. The van der Waals surface area contributed by atoms with Crippen LogP contribution in [0.5, 0.6) is 0 Å². The molecule has 122 valence electrons. The third kappa shape index (κ3) is 4.39. The average molecular weight is 312 g/mol. The molecule has 1 aliphatic heterocycles. The van der Waals surface area contributed by atoms with E-state index in [4.69, 9.17) is 0 Å². The molecule has 0 spiro atoms. The molecule has 1 fully saturated rings. The van der Waals surface area contributed by atoms with Crippen LogP contribution in [-0.4, -0.2) is 59.6 Å². The van der Waals surface area contributed by atoms with Crippen LogP contribution in [0.25, 0.3) is 0 Å². The van der Waals surface area contributed by atoms with Gasteiger partial charge in [0.25, 0.3) is 0 Å². The molecule has 3 heterocycles. The summed E-state index contributed by atoms with van der Waals surface area (Å²) in [4.78, 5) is 17.6. The van der Waals surface area contributed by atoms with Crippen molar-refractivity contribution in [3.63, 3.8) is 0 Å². The minimum absolute atomic E-state index is 0.448. The predicted octanol–water partition coefficient (Wildman–Crippen LogP) is 1.67. The van der Waals surface area contributed by atoms with Crippen LogP contribution < -0.4 is 10.2 Å². The first-order chi connectivity index (χ1) is 11.2. The summed E-state index contributed by atoms with van der Waals surface area (Å²) in [5.74, 6) is 1.64. The second-order valence-electron chi connectivity index (χ2n) is 6.14. The molecule has 0 bridgehead atoms. The number of anilines is 2. The van der Waals surface area contributed by atoms with E-state index < -0.39 is 0 Å². The number of rotatable bonds is 6. The van der Waals surface area contributed by atoms with Gasteiger partial charge >= 0.3 is 0 Å². The van der Waals surface area contributed by atoms with Gasteiger partial charge < -0.3 is 15.1 Å². The van der Waals surface area contributed by atoms with Crippen molar-refractivity contribution in [1.82, 2.24) is 19.9 Å². The summed E-state index contributed by atoms with van der Waals surface area (Å²) in [6, 6.07) is 8.49. The zero-order valence-corrected chi connectivity index (χ0v) is 13.8. The highest BCUT2D eigenvalue weighted by Gasteiger charge is 2.22. The van der Waals surface area contributed by atoms with Crippen LogP contribution in [0.15, 0.2) is 36.7 Å². The van der Waals surface area contributed by atoms with Gasteiger partial charge in [-0.1, -0.05) is 6.07 Å². The first-order valence-electron chi connectivity index (χ1n) is 8.10. The molecule has 2 aromatic heterocycles. The van der Waals surface area contributed by atoms with Crippen LogP contribution in [-0.2, 0) is 6.42 Å². The predicted molar refractivity (Wildman–Crippen MR) is 92.8 cm³/mol. The first kappa shape index (κ1) is 15.7. The number of pyridine rings is 1. The standard InChI is InChI=1S/C17H24N6/c1-22(2)17-19-10-6-16(21-17)20-15-8-12-23(13-15)11-7-14-5-3-4-9-18-14/h3-6,9-10,15H,7-8,11-13H2,1-2H3,(H,19,20,21). The van der Waals surface area contributed by atoms with Crippen molar-refractivity contribution >= 4 is 11.8 Å². The zero-order chi connectivity index (χ0) is 16.1. The summed E-state index contributed by atoms with van der Waals surface area (Å²) in [6.45, 7) is 3.23. The van der Waals surface area contributed by atoms with E-state index in [1.165, 1.54) is 0 Å². The van der Waals surface area contributed by atoms with Crippen molar-refractivity contribution in [2.75, 3.05) is 43.9 Å². The molecule has 0 saturated carbocycles. The van der Waals surface area contributed by atoms with E-state index >= 15 is 0 Å². The molecule has 0 aromatic carbocycles. The molecule has 6 nitrogen and oxygen atoms in total. The highest BCUT2D eigenvalue weighted by atomic mass is 15.2. The first-order valence-corrected chi connectivity index (χ1v) is 8.10. The van der Waals surface area contributed by atoms with Crippen molar-refractivity contribution in [2.45, 2.75) is 18.9 Å². The molecule has 0 aliphatic carbocycles. The van der Waals surface area contributed by atoms with E-state index in [9.17, 15) is 0 Å². The number of nitrogens with zero attached hydrogens (tertiary/aromatic N) is 5. The average Bonchev–Trinajstić information content (AvgIpc) is 3.01. The molecular formula is C17H24N6. The summed E-state index contributed by atoms with van der Waals surface area (Å²) in [6.07, 6.45) is 5.81. The van der Waals surface area contributed by atoms with E-state index in [0.29, 0.717) is 6.04 Å². The monoisotopic (exact) mass is 312 g/mol. The molecule has 1 aliphatic rings. The maximum atomic E-state index is 4.53. The van der Waals surface area contributed by atoms with E-state index in [1.54, 1.807) is 6.20 Å². The normalized spacial score (nSPS) is 18.1. The summed E-state index contributed by atoms with van der Waals surface area (Å²) in [5.41, 5.74) is 1.16. The second-order valence-corrected chi connectivity index (χ2v) is 6.14. The van der Waals surface area contributed by atoms with Gasteiger partial charge in [-0.3, -0.25) is 4.98 Å². The fourth-order valence-electron chi connectivity index (χ4n) is 2.83. The van der Waals surface area contributed by atoms with Gasteiger partial charge in [0.1, 0.15) is 5.82 Å². The van der Waals surface area contributed by atoms with E-state index in [-0.39, 0.29) is 0 Å². The Morgan fingerprint density at radius 1 is 1.22 bits per heavy atom. The minimum atomic E-state index is 0.448. The van der Waals surface area contributed by atoms with Crippen molar-refractivity contribution in [1.29, 1.82) is 0 Å². The Hall–Kier alpha value is -2.21. The molecule has 1 unspecified atom stereocenters. The Labute approximate surface area is 137 Å². The van der Waals surface area contributed by atoms with Gasteiger partial charge in [-0.05, 0) is 24.6 Å². The van der Waals surface area contributed by atoms with Crippen molar-refractivity contribution in [2.24, 2.45) is 0 Å². The Balaban J connectivity index is 1.49. The Bertz CT molecular complexity index is 615. The lowest BCUT2D eigenvalue weighted by Gasteiger charge is -2.17. The number of nitrogens with one attached hydrogen (secondary N) is 1. The smallest absolute Gasteiger partial charge is 0.226 e. The SMILES string of the molecule is CN(C)c1nccc(NC2CCN(CCc3ccccn3)C2)n1. The Morgan fingerprint density at radius 3 is 2.91 bits per heavy atom. The van der Waals surface area contributed by atoms with Crippen LogP contribution in [0, 0.1) is 0 Å². The van der Waals surface area contributed by atoms with E-state index in [1.807, 2.05) is 43.4 Å². The van der Waals surface area contributed by atoms with Gasteiger partial charge in [0.15, 0.2) is 0 Å². The Kier molecular flexibility index (Phi) is 5.02. The Morgan fingerprint density at radius 2 is 2.13 bits per heavy atom. The van der Waals surface area contributed by atoms with Crippen LogP contribution in [0.3, 0.4) is 0 Å². The van der Waals surface area contributed by atoms with Crippen LogP contribution >= 0.6 is 0 Å². The summed E-state index contributed by atoms with van der Waals surface area (Å²) < 4.78 is 0. The molecule has 0 radical (unpaired) electrons. The van der Waals surface area contributed by atoms with Crippen LogP contribution in [0.2, 0.25) is 0 Å². The van der Waals surface area contributed by atoms with Gasteiger partial charge in [0.05, 0.1) is 0 Å². The molecule has 0 amide bonds. The molecule has 1 saturated heterocycles. The number of likely N-dealkylation sites (tertiary alicyclic amines) is 1. The van der Waals surface area contributed by atoms with Crippen molar-refractivity contribution in [3.05, 3.63) is 42.4 Å². The number of aromatic nitrogens is 3. The molecule has 1 N–H and O–H groups in total. The second kappa shape index (κ2) is 7.37. The third-order valence-corrected chi connectivity index (χ3v) is 4.08. The maximum Gasteiger partial charge on any atom is 0.226 e. The van der Waals surface area contributed by atoms with E-state index in [0.717, 1.165) is 49.9 Å². The van der Waals surface area contributed by atoms with Gasteiger partial charge in [-0.2, -0.15) is 4.98 Å². The highest BCUT2D eigenvalue weighted by Crippen LogP contribution is 2.16. The fourth-order valence-corrected chi connectivity index (χ4v) is 2.83. The lowest BCUT2D eigenvalue weighted by Crippen LogP contribution is -2.28. The minimum Gasteiger partial charge on any atom is -0.366 e. The largest absolute Gasteiger partial charge is 0.366 e. The molecule has 3 rings (SSSR count). The molecular weight excluding hydrogens is 288 g/mol. The number of hydrogen-bond acceptors (Lipinski definition) is 6. The van der Waals surface area contributed by atoms with Crippen molar-refractivity contribution in [3.8, 4) is 0 Å².